The number of fused-ring (bicyclic) bond motifs is 1. The van der Waals surface area contributed by atoms with E-state index in [0.29, 0.717) is 16.5 Å². The Morgan fingerprint density at radius 1 is 1.23 bits per heavy atom. The molecule has 7 heteroatoms. The molecule has 0 aliphatic carbocycles. The largest absolute Gasteiger partial charge is 0.466 e. The van der Waals surface area contributed by atoms with Crippen molar-refractivity contribution in [3.05, 3.63) is 74.9 Å². The third kappa shape index (κ3) is 3.75. The van der Waals surface area contributed by atoms with E-state index in [9.17, 15) is 14.0 Å². The quantitative estimate of drug-likeness (QED) is 0.642. The van der Waals surface area contributed by atoms with Gasteiger partial charge in [-0.3, -0.25) is 9.59 Å². The normalized spacial score (nSPS) is 10.9. The van der Waals surface area contributed by atoms with Gasteiger partial charge in [-0.2, -0.15) is 5.10 Å². The van der Waals surface area contributed by atoms with Crippen LogP contribution >= 0.6 is 11.6 Å². The smallest absolute Gasteiger partial charge is 0.311 e. The average molecular weight is 375 g/mol. The molecule has 134 valence electrons. The fraction of sp³-hybridized carbons (Fsp3) is 0.211. The molecule has 0 saturated carbocycles. The van der Waals surface area contributed by atoms with Gasteiger partial charge in [-0.05, 0) is 25.1 Å². The van der Waals surface area contributed by atoms with Gasteiger partial charge in [-0.15, -0.1) is 0 Å². The number of benzene rings is 2. The lowest BCUT2D eigenvalue weighted by Gasteiger charge is -2.11. The summed E-state index contributed by atoms with van der Waals surface area (Å²) in [6.45, 7) is 1.91. The van der Waals surface area contributed by atoms with Gasteiger partial charge in [0, 0.05) is 16.0 Å². The van der Waals surface area contributed by atoms with Crippen molar-refractivity contribution in [2.45, 2.75) is 19.9 Å². The summed E-state index contributed by atoms with van der Waals surface area (Å²) in [4.78, 5) is 24.6. The zero-order valence-electron chi connectivity index (χ0n) is 14.0. The summed E-state index contributed by atoms with van der Waals surface area (Å²) >= 11 is 5.77. The number of carbonyl (C=O) groups is 1. The van der Waals surface area contributed by atoms with Crippen molar-refractivity contribution in [2.24, 2.45) is 0 Å². The Hall–Kier alpha value is -2.73. The predicted molar refractivity (Wildman–Crippen MR) is 96.9 cm³/mol. The fourth-order valence-corrected chi connectivity index (χ4v) is 2.86. The molecule has 0 spiro atoms. The molecule has 3 rings (SSSR count). The SMILES string of the molecule is CCOC(=O)Cc1nn(Cc2ccc(Cl)cc2F)c(=O)c2ccccc12. The second kappa shape index (κ2) is 7.66. The monoisotopic (exact) mass is 374 g/mol. The van der Waals surface area contributed by atoms with Gasteiger partial charge in [0.15, 0.2) is 0 Å². The van der Waals surface area contributed by atoms with E-state index in [-0.39, 0.29) is 35.7 Å². The molecule has 1 aromatic heterocycles. The van der Waals surface area contributed by atoms with Crippen LogP contribution in [-0.2, 0) is 22.5 Å². The second-order valence-corrected chi connectivity index (χ2v) is 6.11. The molecular weight excluding hydrogens is 359 g/mol. The third-order valence-electron chi connectivity index (χ3n) is 3.90. The van der Waals surface area contributed by atoms with Crippen molar-refractivity contribution >= 4 is 28.3 Å². The molecule has 0 aliphatic heterocycles. The van der Waals surface area contributed by atoms with E-state index in [4.69, 9.17) is 16.3 Å². The first-order valence-corrected chi connectivity index (χ1v) is 8.45. The predicted octanol–water partition coefficient (Wildman–Crippen LogP) is 3.34. The lowest BCUT2D eigenvalue weighted by atomic mass is 10.1. The Bertz CT molecular complexity index is 1030. The topological polar surface area (TPSA) is 61.2 Å². The second-order valence-electron chi connectivity index (χ2n) is 5.67. The summed E-state index contributed by atoms with van der Waals surface area (Å²) in [5.41, 5.74) is 0.331. The molecule has 0 bridgehead atoms. The summed E-state index contributed by atoms with van der Waals surface area (Å²) in [5.74, 6) is -0.959. The number of nitrogens with zero attached hydrogens (tertiary/aromatic N) is 2. The number of rotatable bonds is 5. The van der Waals surface area contributed by atoms with Crippen LogP contribution in [0.2, 0.25) is 5.02 Å². The highest BCUT2D eigenvalue weighted by Gasteiger charge is 2.15. The van der Waals surface area contributed by atoms with Gasteiger partial charge >= 0.3 is 5.97 Å². The van der Waals surface area contributed by atoms with E-state index in [0.717, 1.165) is 4.68 Å². The maximum absolute atomic E-state index is 14.1. The summed E-state index contributed by atoms with van der Waals surface area (Å²) < 4.78 is 20.2. The van der Waals surface area contributed by atoms with Crippen LogP contribution in [0.25, 0.3) is 10.8 Å². The van der Waals surface area contributed by atoms with Gasteiger partial charge in [-0.25, -0.2) is 9.07 Å². The summed E-state index contributed by atoms with van der Waals surface area (Å²) in [7, 11) is 0. The third-order valence-corrected chi connectivity index (χ3v) is 4.13. The Morgan fingerprint density at radius 3 is 2.65 bits per heavy atom. The van der Waals surface area contributed by atoms with Gasteiger partial charge in [0.2, 0.25) is 0 Å². The van der Waals surface area contributed by atoms with Crippen molar-refractivity contribution in [3.63, 3.8) is 0 Å². The van der Waals surface area contributed by atoms with Gasteiger partial charge in [0.1, 0.15) is 5.82 Å². The van der Waals surface area contributed by atoms with Crippen molar-refractivity contribution in [1.82, 2.24) is 9.78 Å². The molecule has 0 radical (unpaired) electrons. The number of carbonyl (C=O) groups excluding carboxylic acids is 1. The van der Waals surface area contributed by atoms with Gasteiger partial charge < -0.3 is 4.74 Å². The molecule has 0 aliphatic rings. The highest BCUT2D eigenvalue weighted by atomic mass is 35.5. The molecule has 0 amide bonds. The zero-order chi connectivity index (χ0) is 18.7. The van der Waals surface area contributed by atoms with Crippen LogP contribution in [0.5, 0.6) is 0 Å². The first-order chi connectivity index (χ1) is 12.5. The highest BCUT2D eigenvalue weighted by molar-refractivity contribution is 6.30. The van der Waals surface area contributed by atoms with E-state index in [1.54, 1.807) is 37.3 Å². The maximum atomic E-state index is 14.1. The van der Waals surface area contributed by atoms with Crippen LogP contribution < -0.4 is 5.56 Å². The van der Waals surface area contributed by atoms with Crippen LogP contribution in [0.15, 0.2) is 47.3 Å². The molecule has 2 aromatic carbocycles. The molecule has 1 heterocycles. The molecule has 0 saturated heterocycles. The van der Waals surface area contributed by atoms with Crippen LogP contribution in [0.1, 0.15) is 18.2 Å². The van der Waals surface area contributed by atoms with E-state index in [1.807, 2.05) is 0 Å². The first-order valence-electron chi connectivity index (χ1n) is 8.08. The maximum Gasteiger partial charge on any atom is 0.311 e. The average Bonchev–Trinajstić information content (AvgIpc) is 2.61. The number of aromatic nitrogens is 2. The molecule has 0 fully saturated rings. The zero-order valence-corrected chi connectivity index (χ0v) is 14.8. The van der Waals surface area contributed by atoms with E-state index < -0.39 is 11.8 Å². The summed E-state index contributed by atoms with van der Waals surface area (Å²) in [5, 5.41) is 5.55. The van der Waals surface area contributed by atoms with E-state index in [2.05, 4.69) is 5.10 Å². The minimum atomic E-state index is -0.522. The lowest BCUT2D eigenvalue weighted by Crippen LogP contribution is -2.26. The highest BCUT2D eigenvalue weighted by Crippen LogP contribution is 2.17. The van der Waals surface area contributed by atoms with Crippen molar-refractivity contribution < 1.29 is 13.9 Å². The fourth-order valence-electron chi connectivity index (χ4n) is 2.70. The molecule has 0 N–H and O–H groups in total. The van der Waals surface area contributed by atoms with Crippen molar-refractivity contribution in [3.8, 4) is 0 Å². The van der Waals surface area contributed by atoms with Crippen molar-refractivity contribution in [2.75, 3.05) is 6.61 Å². The van der Waals surface area contributed by atoms with Crippen LogP contribution in [-0.4, -0.2) is 22.4 Å². The number of halogens is 2. The van der Waals surface area contributed by atoms with E-state index >= 15 is 0 Å². The first kappa shape index (κ1) is 18.1. The minimum Gasteiger partial charge on any atom is -0.466 e. The molecule has 3 aromatic rings. The van der Waals surface area contributed by atoms with Gasteiger partial charge in [0.05, 0.1) is 30.7 Å². The Morgan fingerprint density at radius 2 is 1.96 bits per heavy atom. The number of hydrogen-bond acceptors (Lipinski definition) is 4. The van der Waals surface area contributed by atoms with Crippen LogP contribution in [0, 0.1) is 5.82 Å². The number of hydrogen-bond donors (Lipinski definition) is 0. The Labute approximate surface area is 154 Å². The van der Waals surface area contributed by atoms with Gasteiger partial charge in [0.25, 0.3) is 5.56 Å². The van der Waals surface area contributed by atoms with Gasteiger partial charge in [-0.1, -0.05) is 35.9 Å². The van der Waals surface area contributed by atoms with Crippen LogP contribution in [0.3, 0.4) is 0 Å². The summed E-state index contributed by atoms with van der Waals surface area (Å²) in [6.07, 6.45) is -0.0717. The van der Waals surface area contributed by atoms with Crippen LogP contribution in [0.4, 0.5) is 4.39 Å². The molecule has 0 unspecified atom stereocenters. The minimum absolute atomic E-state index is 0.0670. The molecular formula is C19H16ClFN2O3. The molecule has 5 nitrogen and oxygen atoms in total. The van der Waals surface area contributed by atoms with E-state index in [1.165, 1.54) is 12.1 Å². The lowest BCUT2D eigenvalue weighted by molar-refractivity contribution is -0.142. The number of esters is 1. The Kier molecular flexibility index (Phi) is 5.32. The Balaban J connectivity index is 2.09. The summed E-state index contributed by atoms with van der Waals surface area (Å²) in [6, 6.07) is 11.1. The molecule has 0 atom stereocenters. The van der Waals surface area contributed by atoms with Crippen molar-refractivity contribution in [1.29, 1.82) is 0 Å². The number of ether oxygens (including phenoxy) is 1. The standard InChI is InChI=1S/C19H16ClFN2O3/c1-2-26-18(24)10-17-14-5-3-4-6-15(14)19(25)23(22-17)11-12-7-8-13(20)9-16(12)21/h3-9H,2,10-11H2,1H3. The molecule has 26 heavy (non-hydrogen) atoms.